The van der Waals surface area contributed by atoms with Gasteiger partial charge < -0.3 is 5.11 Å². The van der Waals surface area contributed by atoms with Crippen LogP contribution < -0.4 is 0 Å². The highest BCUT2D eigenvalue weighted by Crippen LogP contribution is 2.33. The first-order valence-electron chi connectivity index (χ1n) is 4.06. The van der Waals surface area contributed by atoms with Gasteiger partial charge in [0.05, 0.1) is 5.41 Å². The van der Waals surface area contributed by atoms with Crippen LogP contribution in [0.4, 0.5) is 0 Å². The third-order valence-electron chi connectivity index (χ3n) is 2.46. The first-order valence-corrected chi connectivity index (χ1v) is 4.06. The normalized spacial score (nSPS) is 28.9. The number of hydrogen-bond donors (Lipinski definition) is 1. The molecule has 1 aliphatic rings. The van der Waals surface area contributed by atoms with Gasteiger partial charge in [-0.3, -0.25) is 9.59 Å². The fourth-order valence-electron chi connectivity index (χ4n) is 1.39. The Hall–Kier alpha value is -1.12. The molecule has 0 heterocycles. The largest absolute Gasteiger partial charge is 0.481 e. The summed E-state index contributed by atoms with van der Waals surface area (Å²) in [4.78, 5) is 21.7. The molecule has 1 unspecified atom stereocenters. The van der Waals surface area contributed by atoms with Crippen LogP contribution in [-0.4, -0.2) is 16.9 Å². The van der Waals surface area contributed by atoms with Crippen LogP contribution in [0.5, 0.6) is 0 Å². The zero-order valence-corrected chi connectivity index (χ0v) is 7.04. The summed E-state index contributed by atoms with van der Waals surface area (Å²) >= 11 is 0. The van der Waals surface area contributed by atoms with Gasteiger partial charge in [0.25, 0.3) is 0 Å². The monoisotopic (exact) mass is 168 g/mol. The van der Waals surface area contributed by atoms with Crippen molar-refractivity contribution >= 4 is 11.8 Å². The fourth-order valence-corrected chi connectivity index (χ4v) is 1.39. The average molecular weight is 168 g/mol. The van der Waals surface area contributed by atoms with Gasteiger partial charge >= 0.3 is 5.97 Å². The minimum Gasteiger partial charge on any atom is -0.481 e. The SMILES string of the molecule is CCC1(C(=O)O)C=CC(=O)CC1. The fraction of sp³-hybridized carbons (Fsp3) is 0.556. The highest BCUT2D eigenvalue weighted by atomic mass is 16.4. The lowest BCUT2D eigenvalue weighted by Gasteiger charge is -2.26. The van der Waals surface area contributed by atoms with Crippen LogP contribution in [0.1, 0.15) is 26.2 Å². The van der Waals surface area contributed by atoms with Crippen molar-refractivity contribution in [3.63, 3.8) is 0 Å². The second-order valence-corrected chi connectivity index (χ2v) is 3.11. The van der Waals surface area contributed by atoms with Gasteiger partial charge in [-0.05, 0) is 18.9 Å². The third-order valence-corrected chi connectivity index (χ3v) is 2.46. The van der Waals surface area contributed by atoms with Gasteiger partial charge in [0.2, 0.25) is 0 Å². The summed E-state index contributed by atoms with van der Waals surface area (Å²) in [6.45, 7) is 1.83. The number of carbonyl (C=O) groups is 2. The van der Waals surface area contributed by atoms with Crippen LogP contribution >= 0.6 is 0 Å². The molecule has 12 heavy (non-hydrogen) atoms. The second kappa shape index (κ2) is 3.09. The Morgan fingerprint density at radius 1 is 1.75 bits per heavy atom. The predicted octanol–water partition coefficient (Wildman–Crippen LogP) is 1.39. The molecule has 3 heteroatoms. The number of hydrogen-bond acceptors (Lipinski definition) is 2. The Morgan fingerprint density at radius 2 is 2.42 bits per heavy atom. The van der Waals surface area contributed by atoms with E-state index in [-0.39, 0.29) is 5.78 Å². The maximum Gasteiger partial charge on any atom is 0.313 e. The van der Waals surface area contributed by atoms with E-state index in [0.29, 0.717) is 19.3 Å². The summed E-state index contributed by atoms with van der Waals surface area (Å²) < 4.78 is 0. The molecule has 0 radical (unpaired) electrons. The number of aliphatic carboxylic acids is 1. The summed E-state index contributed by atoms with van der Waals surface area (Å²) in [5.41, 5.74) is -0.784. The van der Waals surface area contributed by atoms with Gasteiger partial charge in [-0.1, -0.05) is 13.0 Å². The van der Waals surface area contributed by atoms with E-state index in [0.717, 1.165) is 0 Å². The maximum absolute atomic E-state index is 10.9. The summed E-state index contributed by atoms with van der Waals surface area (Å²) in [7, 11) is 0. The molecule has 1 aliphatic carbocycles. The van der Waals surface area contributed by atoms with E-state index in [1.54, 1.807) is 0 Å². The lowest BCUT2D eigenvalue weighted by molar-refractivity contribution is -0.147. The van der Waals surface area contributed by atoms with Gasteiger partial charge in [0.15, 0.2) is 5.78 Å². The summed E-state index contributed by atoms with van der Waals surface area (Å²) in [5.74, 6) is -0.797. The molecular weight excluding hydrogens is 156 g/mol. The average Bonchev–Trinajstić information content (AvgIpc) is 2.06. The number of ketones is 1. The minimum absolute atomic E-state index is 0.0281. The molecule has 1 rings (SSSR count). The van der Waals surface area contributed by atoms with Crippen molar-refractivity contribution in [2.24, 2.45) is 5.41 Å². The molecule has 0 aromatic carbocycles. The molecule has 0 amide bonds. The number of carboxylic acid groups (broad SMARTS) is 1. The van der Waals surface area contributed by atoms with E-state index in [9.17, 15) is 9.59 Å². The van der Waals surface area contributed by atoms with Crippen molar-refractivity contribution in [2.45, 2.75) is 26.2 Å². The standard InChI is InChI=1S/C9H12O3/c1-2-9(8(11)12)5-3-7(10)4-6-9/h3,5H,2,4,6H2,1H3,(H,11,12). The highest BCUT2D eigenvalue weighted by Gasteiger charge is 2.36. The predicted molar refractivity (Wildman–Crippen MR) is 43.7 cm³/mol. The van der Waals surface area contributed by atoms with Crippen LogP contribution in [0.15, 0.2) is 12.2 Å². The van der Waals surface area contributed by atoms with Crippen molar-refractivity contribution in [3.05, 3.63) is 12.2 Å². The smallest absolute Gasteiger partial charge is 0.313 e. The zero-order chi connectivity index (χ0) is 9.19. The van der Waals surface area contributed by atoms with Crippen LogP contribution in [0.3, 0.4) is 0 Å². The van der Waals surface area contributed by atoms with Gasteiger partial charge in [-0.15, -0.1) is 0 Å². The van der Waals surface area contributed by atoms with Crippen LogP contribution in [0, 0.1) is 5.41 Å². The maximum atomic E-state index is 10.9. The first-order chi connectivity index (χ1) is 5.60. The molecule has 3 nitrogen and oxygen atoms in total. The van der Waals surface area contributed by atoms with Gasteiger partial charge in [0.1, 0.15) is 0 Å². The summed E-state index contributed by atoms with van der Waals surface area (Å²) in [6, 6.07) is 0. The Balaban J connectivity index is 2.90. The van der Waals surface area contributed by atoms with E-state index < -0.39 is 11.4 Å². The summed E-state index contributed by atoms with van der Waals surface area (Å²) in [6.07, 6.45) is 4.26. The Kier molecular flexibility index (Phi) is 2.31. The van der Waals surface area contributed by atoms with E-state index in [1.807, 2.05) is 6.92 Å². The molecule has 0 spiro atoms. The zero-order valence-electron chi connectivity index (χ0n) is 7.04. The molecule has 0 saturated heterocycles. The molecular formula is C9H12O3. The molecule has 0 saturated carbocycles. The number of carbonyl (C=O) groups excluding carboxylic acids is 1. The van der Waals surface area contributed by atoms with Crippen molar-refractivity contribution in [1.82, 2.24) is 0 Å². The molecule has 0 aromatic heterocycles. The molecule has 0 aromatic rings. The molecule has 0 bridgehead atoms. The van der Waals surface area contributed by atoms with E-state index >= 15 is 0 Å². The Bertz CT molecular complexity index is 242. The van der Waals surface area contributed by atoms with E-state index in [1.165, 1.54) is 12.2 Å². The van der Waals surface area contributed by atoms with Crippen LogP contribution in [0.25, 0.3) is 0 Å². The van der Waals surface area contributed by atoms with Gasteiger partial charge in [-0.25, -0.2) is 0 Å². The second-order valence-electron chi connectivity index (χ2n) is 3.11. The summed E-state index contributed by atoms with van der Waals surface area (Å²) in [5, 5.41) is 8.91. The third kappa shape index (κ3) is 1.40. The molecule has 66 valence electrons. The highest BCUT2D eigenvalue weighted by molar-refractivity contribution is 5.93. The van der Waals surface area contributed by atoms with E-state index in [2.05, 4.69) is 0 Å². The van der Waals surface area contributed by atoms with Crippen molar-refractivity contribution in [3.8, 4) is 0 Å². The van der Waals surface area contributed by atoms with Crippen molar-refractivity contribution < 1.29 is 14.7 Å². The molecule has 1 atom stereocenters. The number of allylic oxidation sites excluding steroid dienone is 1. The number of carboxylic acids is 1. The number of rotatable bonds is 2. The van der Waals surface area contributed by atoms with Crippen LogP contribution in [-0.2, 0) is 9.59 Å². The van der Waals surface area contributed by atoms with Crippen molar-refractivity contribution in [1.29, 1.82) is 0 Å². The van der Waals surface area contributed by atoms with Gasteiger partial charge in [-0.2, -0.15) is 0 Å². The molecule has 0 aliphatic heterocycles. The Labute approximate surface area is 71.1 Å². The molecule has 0 fully saturated rings. The van der Waals surface area contributed by atoms with Gasteiger partial charge in [0, 0.05) is 6.42 Å². The first kappa shape index (κ1) is 8.97. The topological polar surface area (TPSA) is 54.4 Å². The quantitative estimate of drug-likeness (QED) is 0.677. The Morgan fingerprint density at radius 3 is 2.75 bits per heavy atom. The van der Waals surface area contributed by atoms with Crippen molar-refractivity contribution in [2.75, 3.05) is 0 Å². The molecule has 1 N–H and O–H groups in total. The van der Waals surface area contributed by atoms with Crippen LogP contribution in [0.2, 0.25) is 0 Å². The lowest BCUT2D eigenvalue weighted by atomic mass is 9.77. The minimum atomic E-state index is -0.825. The van der Waals surface area contributed by atoms with E-state index in [4.69, 9.17) is 5.11 Å². The lowest BCUT2D eigenvalue weighted by Crippen LogP contribution is -2.31.